The van der Waals surface area contributed by atoms with Gasteiger partial charge in [0.15, 0.2) is 0 Å². The van der Waals surface area contributed by atoms with E-state index in [-0.39, 0.29) is 11.8 Å². The second kappa shape index (κ2) is 9.00. The summed E-state index contributed by atoms with van der Waals surface area (Å²) in [6.07, 6.45) is 3.56. The van der Waals surface area contributed by atoms with Gasteiger partial charge in [0.05, 0.1) is 18.2 Å². The molecule has 4 rings (SSSR count). The van der Waals surface area contributed by atoms with Crippen molar-refractivity contribution in [3.8, 4) is 11.8 Å². The molecule has 2 aromatic rings. The highest BCUT2D eigenvalue weighted by Gasteiger charge is 2.23. The fraction of sp³-hybridized carbons (Fsp3) is 0.375. The van der Waals surface area contributed by atoms with Crippen molar-refractivity contribution < 1.29 is 14.3 Å². The van der Waals surface area contributed by atoms with Crippen LogP contribution in [0.15, 0.2) is 42.5 Å². The summed E-state index contributed by atoms with van der Waals surface area (Å²) in [4.78, 5) is 26.7. The number of carbonyl (C=O) groups is 2. The summed E-state index contributed by atoms with van der Waals surface area (Å²) in [5.74, 6) is 1.42. The van der Waals surface area contributed by atoms with Crippen molar-refractivity contribution in [2.45, 2.75) is 32.2 Å². The van der Waals surface area contributed by atoms with Gasteiger partial charge >= 0.3 is 0 Å². The maximum absolute atomic E-state index is 13.0. The SMILES string of the molecule is N#Cc1cccc(C(=O)N2CCOc3ccc(CCC(=O)NCC4CC4)cc3C2)c1. The molecule has 30 heavy (non-hydrogen) atoms. The number of benzene rings is 2. The Morgan fingerprint density at radius 1 is 1.20 bits per heavy atom. The number of hydrogen-bond donors (Lipinski definition) is 1. The molecule has 1 N–H and O–H groups in total. The van der Waals surface area contributed by atoms with Gasteiger partial charge in [-0.25, -0.2) is 0 Å². The Kier molecular flexibility index (Phi) is 5.99. The number of rotatable bonds is 6. The van der Waals surface area contributed by atoms with Gasteiger partial charge in [0.2, 0.25) is 5.91 Å². The molecule has 1 saturated carbocycles. The van der Waals surface area contributed by atoms with Gasteiger partial charge in [0.25, 0.3) is 5.91 Å². The van der Waals surface area contributed by atoms with Crippen LogP contribution in [0.1, 0.15) is 46.3 Å². The Hall–Kier alpha value is -3.33. The Bertz CT molecular complexity index is 991. The summed E-state index contributed by atoms with van der Waals surface area (Å²) in [7, 11) is 0. The van der Waals surface area contributed by atoms with Crippen LogP contribution in [0.2, 0.25) is 0 Å². The Labute approximate surface area is 176 Å². The van der Waals surface area contributed by atoms with Crippen molar-refractivity contribution in [1.29, 1.82) is 5.26 Å². The van der Waals surface area contributed by atoms with E-state index in [1.54, 1.807) is 29.2 Å². The van der Waals surface area contributed by atoms with Gasteiger partial charge in [-0.05, 0) is 55.0 Å². The number of ether oxygens (including phenoxy) is 1. The van der Waals surface area contributed by atoms with Gasteiger partial charge in [-0.1, -0.05) is 18.2 Å². The molecule has 2 aliphatic rings. The van der Waals surface area contributed by atoms with Crippen molar-refractivity contribution >= 4 is 11.8 Å². The number of nitrogens with one attached hydrogen (secondary N) is 1. The fourth-order valence-corrected chi connectivity index (χ4v) is 3.61. The minimum absolute atomic E-state index is 0.0854. The maximum atomic E-state index is 13.0. The van der Waals surface area contributed by atoms with Crippen LogP contribution in [0.25, 0.3) is 0 Å². The Morgan fingerprint density at radius 3 is 2.87 bits per heavy atom. The molecular weight excluding hydrogens is 378 g/mol. The van der Waals surface area contributed by atoms with Crippen LogP contribution in [0.5, 0.6) is 5.75 Å². The van der Waals surface area contributed by atoms with Crippen molar-refractivity contribution in [2.75, 3.05) is 19.7 Å². The van der Waals surface area contributed by atoms with E-state index in [2.05, 4.69) is 11.4 Å². The van der Waals surface area contributed by atoms with Crippen LogP contribution >= 0.6 is 0 Å². The highest BCUT2D eigenvalue weighted by Crippen LogP contribution is 2.28. The molecule has 1 fully saturated rings. The third-order valence-corrected chi connectivity index (χ3v) is 5.56. The molecule has 1 aliphatic heterocycles. The zero-order valence-corrected chi connectivity index (χ0v) is 16.9. The van der Waals surface area contributed by atoms with Crippen LogP contribution in [0.4, 0.5) is 0 Å². The molecule has 6 nitrogen and oxygen atoms in total. The highest BCUT2D eigenvalue weighted by atomic mass is 16.5. The second-order valence-corrected chi connectivity index (χ2v) is 7.96. The first kappa shape index (κ1) is 20.0. The number of nitrogens with zero attached hydrogens (tertiary/aromatic N) is 2. The van der Waals surface area contributed by atoms with Gasteiger partial charge in [-0.2, -0.15) is 5.26 Å². The molecule has 1 aliphatic carbocycles. The van der Waals surface area contributed by atoms with Gasteiger partial charge in [-0.15, -0.1) is 0 Å². The van der Waals surface area contributed by atoms with Crippen LogP contribution in [-0.2, 0) is 17.8 Å². The summed E-state index contributed by atoms with van der Waals surface area (Å²) in [5.41, 5.74) is 2.96. The maximum Gasteiger partial charge on any atom is 0.254 e. The van der Waals surface area contributed by atoms with E-state index in [0.29, 0.717) is 49.6 Å². The summed E-state index contributed by atoms with van der Waals surface area (Å²) in [5, 5.41) is 12.1. The zero-order valence-electron chi connectivity index (χ0n) is 16.9. The summed E-state index contributed by atoms with van der Waals surface area (Å²) < 4.78 is 5.84. The summed E-state index contributed by atoms with van der Waals surface area (Å²) in [6, 6.07) is 14.8. The standard InChI is InChI=1S/C24H25N3O3/c25-14-19-2-1-3-20(13-19)24(29)27-10-11-30-22-8-6-17(12-21(22)16-27)7-9-23(28)26-15-18-4-5-18/h1-3,6,8,12-13,18H,4-5,7,9-11,15-16H2,(H,26,28). The van der Waals surface area contributed by atoms with E-state index >= 15 is 0 Å². The monoisotopic (exact) mass is 403 g/mol. The lowest BCUT2D eigenvalue weighted by atomic mass is 10.0. The largest absolute Gasteiger partial charge is 0.491 e. The molecule has 6 heteroatoms. The minimum Gasteiger partial charge on any atom is -0.491 e. The van der Waals surface area contributed by atoms with Crippen molar-refractivity contribution in [1.82, 2.24) is 10.2 Å². The van der Waals surface area contributed by atoms with Gasteiger partial charge in [-0.3, -0.25) is 9.59 Å². The predicted octanol–water partition coefficient (Wildman–Crippen LogP) is 3.05. The lowest BCUT2D eigenvalue weighted by Crippen LogP contribution is -2.32. The van der Waals surface area contributed by atoms with E-state index in [4.69, 9.17) is 10.00 Å². The van der Waals surface area contributed by atoms with Crippen LogP contribution in [0.3, 0.4) is 0 Å². The zero-order chi connectivity index (χ0) is 20.9. The molecule has 0 bridgehead atoms. The quantitative estimate of drug-likeness (QED) is 0.804. The van der Waals surface area contributed by atoms with Crippen molar-refractivity contribution in [2.24, 2.45) is 5.92 Å². The molecule has 0 saturated heterocycles. The molecule has 1 heterocycles. The first-order valence-corrected chi connectivity index (χ1v) is 10.4. The number of nitriles is 1. The molecule has 154 valence electrons. The smallest absolute Gasteiger partial charge is 0.254 e. The first-order valence-electron chi connectivity index (χ1n) is 10.4. The number of amides is 2. The average Bonchev–Trinajstić information content (AvgIpc) is 3.62. The third-order valence-electron chi connectivity index (χ3n) is 5.56. The van der Waals surface area contributed by atoms with E-state index < -0.39 is 0 Å². The van der Waals surface area contributed by atoms with E-state index in [1.807, 2.05) is 18.2 Å². The van der Waals surface area contributed by atoms with Crippen LogP contribution in [0, 0.1) is 17.2 Å². The number of carbonyl (C=O) groups excluding carboxylic acids is 2. The van der Waals surface area contributed by atoms with Gasteiger partial charge in [0.1, 0.15) is 12.4 Å². The third kappa shape index (κ3) is 4.98. The topological polar surface area (TPSA) is 82.4 Å². The number of aryl methyl sites for hydroxylation is 1. The summed E-state index contributed by atoms with van der Waals surface area (Å²) >= 11 is 0. The Balaban J connectivity index is 1.42. The molecule has 0 atom stereocenters. The fourth-order valence-electron chi connectivity index (χ4n) is 3.61. The lowest BCUT2D eigenvalue weighted by Gasteiger charge is -2.20. The van der Waals surface area contributed by atoms with Crippen molar-refractivity contribution in [3.63, 3.8) is 0 Å². The van der Waals surface area contributed by atoms with Crippen LogP contribution < -0.4 is 10.1 Å². The number of fused-ring (bicyclic) bond motifs is 1. The number of hydrogen-bond acceptors (Lipinski definition) is 4. The molecule has 0 unspecified atom stereocenters. The highest BCUT2D eigenvalue weighted by molar-refractivity contribution is 5.94. The molecule has 2 amide bonds. The lowest BCUT2D eigenvalue weighted by molar-refractivity contribution is -0.121. The van der Waals surface area contributed by atoms with Crippen LogP contribution in [-0.4, -0.2) is 36.4 Å². The average molecular weight is 403 g/mol. The van der Waals surface area contributed by atoms with Gasteiger partial charge in [0, 0.05) is 30.6 Å². The second-order valence-electron chi connectivity index (χ2n) is 7.96. The van der Waals surface area contributed by atoms with E-state index in [1.165, 1.54) is 12.8 Å². The van der Waals surface area contributed by atoms with E-state index in [0.717, 1.165) is 23.4 Å². The van der Waals surface area contributed by atoms with Crippen molar-refractivity contribution in [3.05, 3.63) is 64.7 Å². The van der Waals surface area contributed by atoms with Gasteiger partial charge < -0.3 is 15.0 Å². The first-order chi connectivity index (χ1) is 14.6. The predicted molar refractivity (Wildman–Crippen MR) is 112 cm³/mol. The normalized spacial score (nSPS) is 15.4. The molecule has 0 spiro atoms. The Morgan fingerprint density at radius 2 is 2.07 bits per heavy atom. The summed E-state index contributed by atoms with van der Waals surface area (Å²) in [6.45, 7) is 2.12. The van der Waals surface area contributed by atoms with E-state index in [9.17, 15) is 9.59 Å². The molecular formula is C24H25N3O3. The molecule has 2 aromatic carbocycles. The molecule has 0 radical (unpaired) electrons. The minimum atomic E-state index is -0.117. The molecule has 0 aromatic heterocycles.